The van der Waals surface area contributed by atoms with E-state index in [1.54, 1.807) is 7.11 Å². The summed E-state index contributed by atoms with van der Waals surface area (Å²) in [7, 11) is 1.67. The average molecular weight is 320 g/mol. The van der Waals surface area contributed by atoms with E-state index < -0.39 is 0 Å². The number of carbonyl (C=O) groups excluding carboxylic acids is 1. The van der Waals surface area contributed by atoms with E-state index in [0.717, 1.165) is 24.6 Å². The van der Waals surface area contributed by atoms with Crippen LogP contribution < -0.4 is 5.32 Å². The van der Waals surface area contributed by atoms with Gasteiger partial charge in [-0.15, -0.1) is 0 Å². The number of methoxy groups -OCH3 is 1. The minimum atomic E-state index is -0.123. The van der Waals surface area contributed by atoms with Crippen LogP contribution >= 0.6 is 15.9 Å². The first-order valence-electron chi connectivity index (χ1n) is 6.90. The Morgan fingerprint density at radius 3 is 2.44 bits per heavy atom. The second-order valence-electron chi connectivity index (χ2n) is 5.87. The van der Waals surface area contributed by atoms with E-state index in [0.29, 0.717) is 12.5 Å². The molecule has 0 aromatic rings. The molecule has 4 heteroatoms. The van der Waals surface area contributed by atoms with Crippen molar-refractivity contribution in [2.24, 2.45) is 11.3 Å². The lowest BCUT2D eigenvalue weighted by molar-refractivity contribution is -0.132. The van der Waals surface area contributed by atoms with Crippen molar-refractivity contribution in [1.82, 2.24) is 5.32 Å². The highest BCUT2D eigenvalue weighted by molar-refractivity contribution is 9.09. The molecule has 1 fully saturated rings. The van der Waals surface area contributed by atoms with Gasteiger partial charge in [0.15, 0.2) is 0 Å². The smallest absolute Gasteiger partial charge is 0.226 e. The summed E-state index contributed by atoms with van der Waals surface area (Å²) >= 11 is 3.43. The van der Waals surface area contributed by atoms with Gasteiger partial charge in [-0.05, 0) is 25.2 Å². The van der Waals surface area contributed by atoms with Crippen molar-refractivity contribution < 1.29 is 9.53 Å². The lowest BCUT2D eigenvalue weighted by Gasteiger charge is -2.31. The predicted molar refractivity (Wildman–Crippen MR) is 78.0 cm³/mol. The lowest BCUT2D eigenvalue weighted by Crippen LogP contribution is -2.47. The minimum Gasteiger partial charge on any atom is -0.383 e. The Balaban J connectivity index is 2.65. The van der Waals surface area contributed by atoms with E-state index in [-0.39, 0.29) is 17.4 Å². The fraction of sp³-hybridized carbons (Fsp3) is 0.929. The maximum atomic E-state index is 12.6. The summed E-state index contributed by atoms with van der Waals surface area (Å²) in [4.78, 5) is 12.6. The Bertz CT molecular complexity index is 263. The van der Waals surface area contributed by atoms with Gasteiger partial charge in [-0.2, -0.15) is 0 Å². The van der Waals surface area contributed by atoms with Crippen molar-refractivity contribution in [3.63, 3.8) is 0 Å². The highest BCUT2D eigenvalue weighted by Crippen LogP contribution is 2.43. The lowest BCUT2D eigenvalue weighted by atomic mass is 9.77. The van der Waals surface area contributed by atoms with Crippen molar-refractivity contribution in [2.45, 2.75) is 52.0 Å². The molecule has 0 aliphatic heterocycles. The second kappa shape index (κ2) is 7.49. The minimum absolute atomic E-state index is 0.0761. The fourth-order valence-electron chi connectivity index (χ4n) is 3.02. The molecular formula is C14H26BrNO2. The Morgan fingerprint density at radius 2 is 2.00 bits per heavy atom. The SMILES string of the molecule is COCC(CBr)NC(=O)C1(CC(C)C)CCCC1. The van der Waals surface area contributed by atoms with Gasteiger partial charge in [0, 0.05) is 17.9 Å². The molecule has 1 aliphatic carbocycles. The van der Waals surface area contributed by atoms with Gasteiger partial charge in [0.25, 0.3) is 0 Å². The summed E-state index contributed by atoms with van der Waals surface area (Å²) < 4.78 is 5.13. The average Bonchev–Trinajstić information content (AvgIpc) is 2.77. The summed E-state index contributed by atoms with van der Waals surface area (Å²) in [5.74, 6) is 0.800. The molecule has 1 aliphatic rings. The first-order valence-corrected chi connectivity index (χ1v) is 8.02. The van der Waals surface area contributed by atoms with E-state index in [1.807, 2.05) is 0 Å². The Labute approximate surface area is 119 Å². The molecule has 0 radical (unpaired) electrons. The van der Waals surface area contributed by atoms with E-state index in [9.17, 15) is 4.79 Å². The first kappa shape index (κ1) is 16.0. The topological polar surface area (TPSA) is 38.3 Å². The van der Waals surface area contributed by atoms with Crippen LogP contribution in [0, 0.1) is 11.3 Å². The van der Waals surface area contributed by atoms with Crippen LogP contribution in [-0.2, 0) is 9.53 Å². The molecule has 1 N–H and O–H groups in total. The number of hydrogen-bond donors (Lipinski definition) is 1. The van der Waals surface area contributed by atoms with Crippen molar-refractivity contribution in [1.29, 1.82) is 0 Å². The van der Waals surface area contributed by atoms with E-state index in [2.05, 4.69) is 35.1 Å². The van der Waals surface area contributed by atoms with Gasteiger partial charge in [0.2, 0.25) is 5.91 Å². The molecular weight excluding hydrogens is 294 g/mol. The van der Waals surface area contributed by atoms with Gasteiger partial charge < -0.3 is 10.1 Å². The molecule has 3 nitrogen and oxygen atoms in total. The number of ether oxygens (including phenoxy) is 1. The molecule has 18 heavy (non-hydrogen) atoms. The van der Waals surface area contributed by atoms with Crippen LogP contribution in [0.1, 0.15) is 46.0 Å². The summed E-state index contributed by atoms with van der Waals surface area (Å²) in [6.07, 6.45) is 5.45. The van der Waals surface area contributed by atoms with Crippen LogP contribution in [0.4, 0.5) is 0 Å². The number of alkyl halides is 1. The van der Waals surface area contributed by atoms with Gasteiger partial charge in [-0.3, -0.25) is 4.79 Å². The standard InChI is InChI=1S/C14H26BrNO2/c1-11(2)8-14(6-4-5-7-14)13(17)16-12(9-15)10-18-3/h11-12H,4-10H2,1-3H3,(H,16,17). The summed E-state index contributed by atoms with van der Waals surface area (Å²) in [5, 5.41) is 3.89. The molecule has 1 saturated carbocycles. The molecule has 1 rings (SSSR count). The monoisotopic (exact) mass is 319 g/mol. The highest BCUT2D eigenvalue weighted by atomic mass is 79.9. The van der Waals surface area contributed by atoms with E-state index in [1.165, 1.54) is 12.8 Å². The molecule has 0 spiro atoms. The van der Waals surface area contributed by atoms with Gasteiger partial charge >= 0.3 is 0 Å². The van der Waals surface area contributed by atoms with E-state index >= 15 is 0 Å². The number of nitrogens with one attached hydrogen (secondary N) is 1. The second-order valence-corrected chi connectivity index (χ2v) is 6.51. The normalized spacial score (nSPS) is 20.1. The number of amides is 1. The number of halogens is 1. The fourth-order valence-corrected chi connectivity index (χ4v) is 3.37. The number of hydrogen-bond acceptors (Lipinski definition) is 2. The van der Waals surface area contributed by atoms with E-state index in [4.69, 9.17) is 4.74 Å². The summed E-state index contributed by atoms with van der Waals surface area (Å²) in [6.45, 7) is 4.96. The molecule has 0 aromatic carbocycles. The van der Waals surface area contributed by atoms with Crippen molar-refractivity contribution >= 4 is 21.8 Å². The quantitative estimate of drug-likeness (QED) is 0.732. The Morgan fingerprint density at radius 1 is 1.39 bits per heavy atom. The van der Waals surface area contributed by atoms with Crippen LogP contribution in [0.3, 0.4) is 0 Å². The molecule has 0 aromatic heterocycles. The molecule has 106 valence electrons. The highest BCUT2D eigenvalue weighted by Gasteiger charge is 2.41. The van der Waals surface area contributed by atoms with Crippen LogP contribution in [0.2, 0.25) is 0 Å². The molecule has 0 bridgehead atoms. The van der Waals surface area contributed by atoms with Crippen LogP contribution in [-0.4, -0.2) is 31.0 Å². The number of rotatable bonds is 7. The van der Waals surface area contributed by atoms with Gasteiger partial charge in [-0.25, -0.2) is 0 Å². The molecule has 1 atom stereocenters. The summed E-state index contributed by atoms with van der Waals surface area (Å²) in [6, 6.07) is 0.0761. The zero-order chi connectivity index (χ0) is 13.6. The zero-order valence-corrected chi connectivity index (χ0v) is 13.4. The Hall–Kier alpha value is -0.0900. The van der Waals surface area contributed by atoms with Crippen LogP contribution in [0.25, 0.3) is 0 Å². The molecule has 1 amide bonds. The number of carbonyl (C=O) groups is 1. The third-order valence-corrected chi connectivity index (χ3v) is 4.51. The maximum absolute atomic E-state index is 12.6. The third-order valence-electron chi connectivity index (χ3n) is 3.73. The van der Waals surface area contributed by atoms with Gasteiger partial charge in [0.05, 0.1) is 12.6 Å². The third kappa shape index (κ3) is 4.23. The molecule has 0 saturated heterocycles. The van der Waals surface area contributed by atoms with Crippen LogP contribution in [0.5, 0.6) is 0 Å². The van der Waals surface area contributed by atoms with Crippen LogP contribution in [0.15, 0.2) is 0 Å². The van der Waals surface area contributed by atoms with Crippen molar-refractivity contribution in [3.8, 4) is 0 Å². The largest absolute Gasteiger partial charge is 0.383 e. The molecule has 0 heterocycles. The first-order chi connectivity index (χ1) is 8.54. The Kier molecular flexibility index (Phi) is 6.64. The maximum Gasteiger partial charge on any atom is 0.226 e. The van der Waals surface area contributed by atoms with Crippen molar-refractivity contribution in [2.75, 3.05) is 19.0 Å². The van der Waals surface area contributed by atoms with Crippen molar-refractivity contribution in [3.05, 3.63) is 0 Å². The predicted octanol–water partition coefficient (Wildman–Crippen LogP) is 3.12. The van der Waals surface area contributed by atoms with Gasteiger partial charge in [-0.1, -0.05) is 42.6 Å². The molecule has 1 unspecified atom stereocenters. The summed E-state index contributed by atoms with van der Waals surface area (Å²) in [5.41, 5.74) is -0.123. The van der Waals surface area contributed by atoms with Gasteiger partial charge in [0.1, 0.15) is 0 Å². The zero-order valence-electron chi connectivity index (χ0n) is 11.8.